The summed E-state index contributed by atoms with van der Waals surface area (Å²) in [5.41, 5.74) is 8.71. The van der Waals surface area contributed by atoms with Crippen molar-refractivity contribution >= 4 is 0 Å². The average Bonchev–Trinajstić information content (AvgIpc) is 2.10. The lowest BCUT2D eigenvalue weighted by Crippen LogP contribution is -2.28. The van der Waals surface area contributed by atoms with Gasteiger partial charge in [0.05, 0.1) is 0 Å². The quantitative estimate of drug-likeness (QED) is 0.802. The first-order valence-corrected chi connectivity index (χ1v) is 5.97. The van der Waals surface area contributed by atoms with Gasteiger partial charge in [-0.3, -0.25) is 0 Å². The fourth-order valence-electron chi connectivity index (χ4n) is 2.65. The van der Waals surface area contributed by atoms with E-state index in [2.05, 4.69) is 38.1 Å². The van der Waals surface area contributed by atoms with Crippen molar-refractivity contribution in [2.75, 3.05) is 0 Å². The van der Waals surface area contributed by atoms with Crippen molar-refractivity contribution in [2.45, 2.75) is 45.1 Å². The second kappa shape index (κ2) is 4.36. The highest BCUT2D eigenvalue weighted by atomic mass is 14.6. The number of hydrogen-bond donors (Lipinski definition) is 1. The Balaban J connectivity index is 1.89. The standard InChI is InChI=1S/C14H21N/c1-10-4-3-5-13(6-10)14-8-12(9-14)7-11(2)15/h3-6,11-12,14H,7-9,15H2,1-2H3. The Kier molecular flexibility index (Phi) is 3.11. The number of nitrogens with two attached hydrogens (primary N) is 1. The number of benzene rings is 1. The maximum atomic E-state index is 5.81. The van der Waals surface area contributed by atoms with Crippen LogP contribution < -0.4 is 5.73 Å². The van der Waals surface area contributed by atoms with Gasteiger partial charge in [-0.05, 0) is 50.5 Å². The minimum Gasteiger partial charge on any atom is -0.328 e. The Morgan fingerprint density at radius 2 is 2.13 bits per heavy atom. The second-order valence-corrected chi connectivity index (χ2v) is 5.16. The highest BCUT2D eigenvalue weighted by molar-refractivity contribution is 5.27. The van der Waals surface area contributed by atoms with E-state index in [1.807, 2.05) is 0 Å². The van der Waals surface area contributed by atoms with Gasteiger partial charge in [-0.15, -0.1) is 0 Å². The van der Waals surface area contributed by atoms with Gasteiger partial charge in [-0.2, -0.15) is 0 Å². The van der Waals surface area contributed by atoms with E-state index in [4.69, 9.17) is 5.73 Å². The Hall–Kier alpha value is -0.820. The van der Waals surface area contributed by atoms with E-state index >= 15 is 0 Å². The molecule has 0 saturated heterocycles. The molecule has 2 N–H and O–H groups in total. The third-order valence-electron chi connectivity index (χ3n) is 3.45. The summed E-state index contributed by atoms with van der Waals surface area (Å²) in [5.74, 6) is 1.67. The van der Waals surface area contributed by atoms with Gasteiger partial charge >= 0.3 is 0 Å². The van der Waals surface area contributed by atoms with Crippen LogP contribution in [0.4, 0.5) is 0 Å². The van der Waals surface area contributed by atoms with Gasteiger partial charge in [0.15, 0.2) is 0 Å². The van der Waals surface area contributed by atoms with Gasteiger partial charge in [-0.25, -0.2) is 0 Å². The molecule has 2 rings (SSSR count). The lowest BCUT2D eigenvalue weighted by Gasteiger charge is -2.36. The van der Waals surface area contributed by atoms with Crippen molar-refractivity contribution in [3.05, 3.63) is 35.4 Å². The Morgan fingerprint density at radius 1 is 1.40 bits per heavy atom. The molecule has 1 aliphatic carbocycles. The average molecular weight is 203 g/mol. The fourth-order valence-corrected chi connectivity index (χ4v) is 2.65. The van der Waals surface area contributed by atoms with Gasteiger partial charge in [0.25, 0.3) is 0 Å². The highest BCUT2D eigenvalue weighted by Gasteiger charge is 2.30. The molecule has 1 saturated carbocycles. The lowest BCUT2D eigenvalue weighted by atomic mass is 9.69. The third-order valence-corrected chi connectivity index (χ3v) is 3.45. The molecule has 1 nitrogen and oxygen atoms in total. The molecule has 1 atom stereocenters. The Morgan fingerprint density at radius 3 is 2.73 bits per heavy atom. The molecule has 1 aromatic rings. The van der Waals surface area contributed by atoms with Crippen molar-refractivity contribution in [1.29, 1.82) is 0 Å². The number of aryl methyl sites for hydroxylation is 1. The molecular weight excluding hydrogens is 182 g/mol. The van der Waals surface area contributed by atoms with Crippen molar-refractivity contribution in [2.24, 2.45) is 11.7 Å². The van der Waals surface area contributed by atoms with Gasteiger partial charge in [0.1, 0.15) is 0 Å². The van der Waals surface area contributed by atoms with Crippen LogP contribution in [-0.2, 0) is 0 Å². The van der Waals surface area contributed by atoms with E-state index in [-0.39, 0.29) is 0 Å². The summed E-state index contributed by atoms with van der Waals surface area (Å²) in [6, 6.07) is 9.30. The van der Waals surface area contributed by atoms with Gasteiger partial charge in [0.2, 0.25) is 0 Å². The topological polar surface area (TPSA) is 26.0 Å². The summed E-state index contributed by atoms with van der Waals surface area (Å²) in [7, 11) is 0. The first-order valence-electron chi connectivity index (χ1n) is 5.97. The summed E-state index contributed by atoms with van der Waals surface area (Å²) < 4.78 is 0. The van der Waals surface area contributed by atoms with Crippen LogP contribution in [0.15, 0.2) is 24.3 Å². The van der Waals surface area contributed by atoms with E-state index < -0.39 is 0 Å². The zero-order valence-corrected chi connectivity index (χ0v) is 9.74. The van der Waals surface area contributed by atoms with Gasteiger partial charge in [-0.1, -0.05) is 29.8 Å². The van der Waals surface area contributed by atoms with E-state index in [0.29, 0.717) is 6.04 Å². The molecule has 1 aromatic carbocycles. The molecule has 15 heavy (non-hydrogen) atoms. The highest BCUT2D eigenvalue weighted by Crippen LogP contribution is 2.43. The van der Waals surface area contributed by atoms with Gasteiger partial charge < -0.3 is 5.73 Å². The van der Waals surface area contributed by atoms with Crippen molar-refractivity contribution in [1.82, 2.24) is 0 Å². The van der Waals surface area contributed by atoms with E-state index in [1.54, 1.807) is 0 Å². The molecule has 0 aromatic heterocycles. The first-order chi connectivity index (χ1) is 7.15. The van der Waals surface area contributed by atoms with E-state index in [9.17, 15) is 0 Å². The maximum Gasteiger partial charge on any atom is 0.00131 e. The zero-order valence-electron chi connectivity index (χ0n) is 9.74. The van der Waals surface area contributed by atoms with Crippen LogP contribution in [0.25, 0.3) is 0 Å². The third kappa shape index (κ3) is 2.60. The van der Waals surface area contributed by atoms with Crippen molar-refractivity contribution in [3.63, 3.8) is 0 Å². The molecule has 1 fully saturated rings. The molecule has 1 heteroatoms. The van der Waals surface area contributed by atoms with E-state index in [0.717, 1.165) is 11.8 Å². The minimum atomic E-state index is 0.369. The van der Waals surface area contributed by atoms with Crippen LogP contribution >= 0.6 is 0 Å². The minimum absolute atomic E-state index is 0.369. The SMILES string of the molecule is Cc1cccc(C2CC(CC(C)N)C2)c1. The molecule has 0 spiro atoms. The van der Waals surface area contributed by atoms with Crippen LogP contribution in [-0.4, -0.2) is 6.04 Å². The lowest BCUT2D eigenvalue weighted by molar-refractivity contribution is 0.237. The molecule has 0 aliphatic heterocycles. The number of hydrogen-bond acceptors (Lipinski definition) is 1. The van der Waals surface area contributed by atoms with Crippen LogP contribution in [0.5, 0.6) is 0 Å². The molecule has 0 amide bonds. The van der Waals surface area contributed by atoms with Crippen LogP contribution in [0.3, 0.4) is 0 Å². The molecule has 0 bridgehead atoms. The fraction of sp³-hybridized carbons (Fsp3) is 0.571. The largest absolute Gasteiger partial charge is 0.328 e. The summed E-state index contributed by atoms with van der Waals surface area (Å²) >= 11 is 0. The number of rotatable bonds is 3. The first kappa shape index (κ1) is 10.7. The van der Waals surface area contributed by atoms with Crippen molar-refractivity contribution in [3.8, 4) is 0 Å². The summed E-state index contributed by atoms with van der Waals surface area (Å²) in [6.07, 6.45) is 3.87. The second-order valence-electron chi connectivity index (χ2n) is 5.16. The van der Waals surface area contributed by atoms with Crippen LogP contribution in [0.1, 0.15) is 43.2 Å². The van der Waals surface area contributed by atoms with Crippen LogP contribution in [0.2, 0.25) is 0 Å². The van der Waals surface area contributed by atoms with Crippen molar-refractivity contribution < 1.29 is 0 Å². The molecular formula is C14H21N. The predicted molar refractivity (Wildman–Crippen MR) is 64.9 cm³/mol. The normalized spacial score (nSPS) is 27.1. The van der Waals surface area contributed by atoms with E-state index in [1.165, 1.54) is 30.4 Å². The Bertz CT molecular complexity index is 324. The molecule has 0 heterocycles. The monoisotopic (exact) mass is 203 g/mol. The maximum absolute atomic E-state index is 5.81. The zero-order chi connectivity index (χ0) is 10.8. The Labute approximate surface area is 92.7 Å². The summed E-state index contributed by atoms with van der Waals surface area (Å²) in [5, 5.41) is 0. The van der Waals surface area contributed by atoms with Gasteiger partial charge in [0, 0.05) is 6.04 Å². The molecule has 0 radical (unpaired) electrons. The smallest absolute Gasteiger partial charge is 0.00131 e. The molecule has 1 aliphatic rings. The van der Waals surface area contributed by atoms with Crippen LogP contribution in [0, 0.1) is 12.8 Å². The predicted octanol–water partition coefficient (Wildman–Crippen LogP) is 3.23. The summed E-state index contributed by atoms with van der Waals surface area (Å²) in [6.45, 7) is 4.28. The summed E-state index contributed by atoms with van der Waals surface area (Å²) in [4.78, 5) is 0. The molecule has 82 valence electrons. The molecule has 1 unspecified atom stereocenters.